The highest BCUT2D eigenvalue weighted by molar-refractivity contribution is 5.72. The lowest BCUT2D eigenvalue weighted by atomic mass is 9.87. The highest BCUT2D eigenvalue weighted by Gasteiger charge is 2.14. The lowest BCUT2D eigenvalue weighted by Crippen LogP contribution is -2.26. The highest BCUT2D eigenvalue weighted by Crippen LogP contribution is 2.22. The minimum absolute atomic E-state index is 0.0726. The van der Waals surface area contributed by atoms with E-state index in [4.69, 9.17) is 4.42 Å². The number of nitrogens with zero attached hydrogens (tertiary/aromatic N) is 2. The minimum atomic E-state index is -0.693. The largest absolute Gasteiger partial charge is 0.423 e. The summed E-state index contributed by atoms with van der Waals surface area (Å²) in [6, 6.07) is 11.3. The van der Waals surface area contributed by atoms with Crippen molar-refractivity contribution in [3.05, 3.63) is 74.7 Å². The van der Waals surface area contributed by atoms with Crippen LogP contribution in [0.3, 0.4) is 0 Å². The van der Waals surface area contributed by atoms with Gasteiger partial charge < -0.3 is 4.42 Å². The van der Waals surface area contributed by atoms with E-state index in [2.05, 4.69) is 37.9 Å². The molecule has 2 aromatic heterocycles. The van der Waals surface area contributed by atoms with Crippen molar-refractivity contribution in [2.24, 2.45) is 0 Å². The molecule has 2 heterocycles. The molecule has 23 heavy (non-hydrogen) atoms. The average Bonchev–Trinajstić information content (AvgIpc) is 2.51. The summed E-state index contributed by atoms with van der Waals surface area (Å²) < 4.78 is 6.16. The molecule has 0 aliphatic carbocycles. The lowest BCUT2D eigenvalue weighted by Gasteiger charge is -2.19. The van der Waals surface area contributed by atoms with Gasteiger partial charge in [-0.05, 0) is 28.7 Å². The molecule has 5 nitrogen and oxygen atoms in total. The Kier molecular flexibility index (Phi) is 3.64. The lowest BCUT2D eigenvalue weighted by molar-refractivity contribution is 0.423. The first kappa shape index (κ1) is 15.2. The number of hydrogen-bond donors (Lipinski definition) is 0. The molecule has 1 aromatic carbocycles. The van der Waals surface area contributed by atoms with E-state index in [9.17, 15) is 9.59 Å². The Morgan fingerprint density at radius 3 is 2.43 bits per heavy atom. The molecule has 0 unspecified atom stereocenters. The Morgan fingerprint density at radius 2 is 1.78 bits per heavy atom. The third kappa shape index (κ3) is 2.95. The van der Waals surface area contributed by atoms with Crippen LogP contribution in [0.25, 0.3) is 11.0 Å². The van der Waals surface area contributed by atoms with E-state index >= 15 is 0 Å². The van der Waals surface area contributed by atoms with Crippen molar-refractivity contribution in [3.63, 3.8) is 0 Å². The standard InChI is InChI=1S/C18H18N2O3/c1-18(2,3)13-8-6-12(7-9-13)11-20-15-14(5-4-10-19-15)16(21)23-17(20)22/h4-10H,11H2,1-3H3. The van der Waals surface area contributed by atoms with Crippen LogP contribution in [0.5, 0.6) is 0 Å². The summed E-state index contributed by atoms with van der Waals surface area (Å²) >= 11 is 0. The molecule has 0 aliphatic rings. The van der Waals surface area contributed by atoms with Crippen LogP contribution in [0.1, 0.15) is 31.9 Å². The second-order valence-electron chi connectivity index (χ2n) is 6.56. The quantitative estimate of drug-likeness (QED) is 0.730. The third-order valence-corrected chi connectivity index (χ3v) is 3.82. The molecule has 0 saturated carbocycles. The smallest absolute Gasteiger partial charge is 0.372 e. The topological polar surface area (TPSA) is 65.1 Å². The van der Waals surface area contributed by atoms with Crippen LogP contribution in [0.2, 0.25) is 0 Å². The molecule has 0 radical (unpaired) electrons. The Bertz CT molecular complexity index is 960. The first-order valence-corrected chi connectivity index (χ1v) is 7.44. The zero-order valence-corrected chi connectivity index (χ0v) is 13.4. The zero-order chi connectivity index (χ0) is 16.6. The second-order valence-corrected chi connectivity index (χ2v) is 6.56. The molecule has 0 atom stereocenters. The highest BCUT2D eigenvalue weighted by atomic mass is 16.4. The maximum absolute atomic E-state index is 12.0. The van der Waals surface area contributed by atoms with Crippen molar-refractivity contribution < 1.29 is 4.42 Å². The molecular weight excluding hydrogens is 292 g/mol. The fourth-order valence-electron chi connectivity index (χ4n) is 2.48. The van der Waals surface area contributed by atoms with E-state index in [-0.39, 0.29) is 5.41 Å². The summed E-state index contributed by atoms with van der Waals surface area (Å²) in [5, 5.41) is 0.304. The van der Waals surface area contributed by atoms with Crippen molar-refractivity contribution in [3.8, 4) is 0 Å². The summed E-state index contributed by atoms with van der Waals surface area (Å²) in [4.78, 5) is 27.9. The Balaban J connectivity index is 2.06. The van der Waals surface area contributed by atoms with Gasteiger partial charge in [0.15, 0.2) is 5.65 Å². The van der Waals surface area contributed by atoms with Crippen molar-refractivity contribution in [2.75, 3.05) is 0 Å². The monoisotopic (exact) mass is 310 g/mol. The molecule has 0 spiro atoms. The SMILES string of the molecule is CC(C)(C)c1ccc(Cn2c(=O)oc(=O)c3cccnc32)cc1. The van der Waals surface area contributed by atoms with Gasteiger partial charge in [0.25, 0.3) is 0 Å². The predicted octanol–water partition coefficient (Wildman–Crippen LogP) is 2.70. The molecule has 0 amide bonds. The number of rotatable bonds is 2. The van der Waals surface area contributed by atoms with Crippen LogP contribution < -0.4 is 11.4 Å². The van der Waals surface area contributed by atoms with Crippen LogP contribution in [0, 0.1) is 0 Å². The molecule has 0 saturated heterocycles. The number of aromatic nitrogens is 2. The van der Waals surface area contributed by atoms with Crippen molar-refractivity contribution in [1.82, 2.24) is 9.55 Å². The minimum Gasteiger partial charge on any atom is -0.372 e. The molecule has 5 heteroatoms. The van der Waals surface area contributed by atoms with Crippen LogP contribution in [-0.4, -0.2) is 9.55 Å². The van der Waals surface area contributed by atoms with Gasteiger partial charge in [-0.2, -0.15) is 0 Å². The van der Waals surface area contributed by atoms with E-state index in [0.29, 0.717) is 17.6 Å². The predicted molar refractivity (Wildman–Crippen MR) is 88.8 cm³/mol. The Hall–Kier alpha value is -2.69. The van der Waals surface area contributed by atoms with Gasteiger partial charge in [-0.25, -0.2) is 14.6 Å². The molecule has 118 valence electrons. The normalized spacial score (nSPS) is 11.8. The summed E-state index contributed by atoms with van der Waals surface area (Å²) in [5.74, 6) is -0.693. The number of fused-ring (bicyclic) bond motifs is 1. The second kappa shape index (κ2) is 5.50. The van der Waals surface area contributed by atoms with E-state index in [1.165, 1.54) is 10.1 Å². The van der Waals surface area contributed by atoms with Gasteiger partial charge >= 0.3 is 11.4 Å². The summed E-state index contributed by atoms with van der Waals surface area (Å²) in [7, 11) is 0. The summed E-state index contributed by atoms with van der Waals surface area (Å²) in [5.41, 5.74) is 1.92. The van der Waals surface area contributed by atoms with Crippen LogP contribution >= 0.6 is 0 Å². The van der Waals surface area contributed by atoms with Crippen molar-refractivity contribution in [2.45, 2.75) is 32.7 Å². The van der Waals surface area contributed by atoms with Crippen molar-refractivity contribution in [1.29, 1.82) is 0 Å². The molecule has 3 aromatic rings. The number of hydrogen-bond acceptors (Lipinski definition) is 4. The molecule has 3 rings (SSSR count). The van der Waals surface area contributed by atoms with Crippen molar-refractivity contribution >= 4 is 11.0 Å². The fourth-order valence-corrected chi connectivity index (χ4v) is 2.48. The molecule has 0 bridgehead atoms. The van der Waals surface area contributed by atoms with Gasteiger partial charge in [-0.15, -0.1) is 0 Å². The number of pyridine rings is 1. The van der Waals surface area contributed by atoms with Gasteiger partial charge in [0.1, 0.15) is 5.39 Å². The molecule has 0 N–H and O–H groups in total. The van der Waals surface area contributed by atoms with E-state index < -0.39 is 11.4 Å². The van der Waals surface area contributed by atoms with Gasteiger partial charge in [-0.3, -0.25) is 4.57 Å². The van der Waals surface area contributed by atoms with E-state index in [0.717, 1.165) is 5.56 Å². The summed E-state index contributed by atoms with van der Waals surface area (Å²) in [6.07, 6.45) is 1.56. The van der Waals surface area contributed by atoms with Crippen LogP contribution in [0.4, 0.5) is 0 Å². The Morgan fingerprint density at radius 1 is 1.09 bits per heavy atom. The first-order chi connectivity index (χ1) is 10.9. The average molecular weight is 310 g/mol. The molecule has 0 aliphatic heterocycles. The van der Waals surface area contributed by atoms with Crippen LogP contribution in [0.15, 0.2) is 56.6 Å². The fraction of sp³-hybridized carbons (Fsp3) is 0.278. The number of benzene rings is 1. The van der Waals surface area contributed by atoms with E-state index in [1.54, 1.807) is 18.3 Å². The van der Waals surface area contributed by atoms with Gasteiger partial charge in [0.2, 0.25) is 0 Å². The summed E-state index contributed by atoms with van der Waals surface area (Å²) in [6.45, 7) is 6.75. The first-order valence-electron chi connectivity index (χ1n) is 7.44. The third-order valence-electron chi connectivity index (χ3n) is 3.82. The van der Waals surface area contributed by atoms with E-state index in [1.807, 2.05) is 12.1 Å². The zero-order valence-electron chi connectivity index (χ0n) is 13.4. The Labute approximate surface area is 133 Å². The van der Waals surface area contributed by atoms with Gasteiger partial charge in [-0.1, -0.05) is 45.0 Å². The maximum Gasteiger partial charge on any atom is 0.423 e. The van der Waals surface area contributed by atoms with Gasteiger partial charge in [0, 0.05) is 6.20 Å². The molecular formula is C18H18N2O3. The van der Waals surface area contributed by atoms with Crippen LogP contribution in [-0.2, 0) is 12.0 Å². The maximum atomic E-state index is 12.0. The van der Waals surface area contributed by atoms with Gasteiger partial charge in [0.05, 0.1) is 6.54 Å². The molecule has 0 fully saturated rings.